The van der Waals surface area contributed by atoms with Crippen LogP contribution < -0.4 is 4.90 Å². The van der Waals surface area contributed by atoms with Gasteiger partial charge in [-0.1, -0.05) is 12.1 Å². The number of nitrogens with zero attached hydrogens (tertiary/aromatic N) is 2. The average molecular weight is 222 g/mol. The normalized spacial score (nSPS) is 16.2. The van der Waals surface area contributed by atoms with Gasteiger partial charge in [-0.15, -0.1) is 0 Å². The third-order valence-corrected chi connectivity index (χ3v) is 2.77. The summed E-state index contributed by atoms with van der Waals surface area (Å²) in [6.07, 6.45) is -0.878. The van der Waals surface area contributed by atoms with Crippen molar-refractivity contribution >= 4 is 11.8 Å². The summed E-state index contributed by atoms with van der Waals surface area (Å²) in [5.41, 5.74) is 0.771. The number of rotatable bonds is 1. The summed E-state index contributed by atoms with van der Waals surface area (Å²) in [6, 6.07) is 7.11. The molecule has 0 aliphatic carbocycles. The zero-order chi connectivity index (χ0) is 11.5. The van der Waals surface area contributed by atoms with Gasteiger partial charge in [-0.25, -0.2) is 4.79 Å². The molecule has 2 N–H and O–H groups in total. The van der Waals surface area contributed by atoms with Crippen LogP contribution in [0.2, 0.25) is 0 Å². The molecule has 2 rings (SSSR count). The third kappa shape index (κ3) is 2.03. The lowest BCUT2D eigenvalue weighted by molar-refractivity contribution is 0.142. The topological polar surface area (TPSA) is 64.0 Å². The summed E-state index contributed by atoms with van der Waals surface area (Å²) in [5, 5.41) is 18.5. The molecule has 1 amide bonds. The number of hydrogen-bond donors (Lipinski definition) is 2. The van der Waals surface area contributed by atoms with Crippen LogP contribution in [0.5, 0.6) is 5.75 Å². The van der Waals surface area contributed by atoms with E-state index < -0.39 is 6.09 Å². The van der Waals surface area contributed by atoms with Crippen molar-refractivity contribution in [3.8, 4) is 5.75 Å². The Kier molecular flexibility index (Phi) is 2.85. The predicted octanol–water partition coefficient (Wildman–Crippen LogP) is 1.19. The highest BCUT2D eigenvalue weighted by Crippen LogP contribution is 2.26. The Balaban J connectivity index is 2.05. The van der Waals surface area contributed by atoms with Crippen LogP contribution in [0.3, 0.4) is 0 Å². The summed E-state index contributed by atoms with van der Waals surface area (Å²) >= 11 is 0. The molecule has 0 unspecified atom stereocenters. The van der Waals surface area contributed by atoms with Gasteiger partial charge in [-0.05, 0) is 12.1 Å². The number of anilines is 1. The molecule has 0 spiro atoms. The van der Waals surface area contributed by atoms with Crippen molar-refractivity contribution in [2.75, 3.05) is 31.1 Å². The molecule has 86 valence electrons. The summed E-state index contributed by atoms with van der Waals surface area (Å²) in [4.78, 5) is 14.1. The van der Waals surface area contributed by atoms with E-state index in [9.17, 15) is 9.90 Å². The number of aromatic hydroxyl groups is 1. The van der Waals surface area contributed by atoms with E-state index in [4.69, 9.17) is 5.11 Å². The van der Waals surface area contributed by atoms with Crippen molar-refractivity contribution in [3.05, 3.63) is 24.3 Å². The lowest BCUT2D eigenvalue weighted by Gasteiger charge is -2.34. The molecule has 0 atom stereocenters. The van der Waals surface area contributed by atoms with E-state index in [1.807, 2.05) is 17.0 Å². The standard InChI is InChI=1S/C11H14N2O3/c14-10-4-2-1-3-9(10)12-5-7-13(8-6-12)11(15)16/h1-4,14H,5-8H2,(H,15,16). The largest absolute Gasteiger partial charge is 0.506 e. The minimum absolute atomic E-state index is 0.242. The van der Waals surface area contributed by atoms with Crippen LogP contribution in [-0.2, 0) is 0 Å². The summed E-state index contributed by atoms with van der Waals surface area (Å²) < 4.78 is 0. The molecule has 1 fully saturated rings. The number of hydrogen-bond acceptors (Lipinski definition) is 3. The maximum absolute atomic E-state index is 10.7. The molecule has 1 saturated heterocycles. The first-order valence-electron chi connectivity index (χ1n) is 5.19. The maximum atomic E-state index is 10.7. The number of carboxylic acid groups (broad SMARTS) is 1. The van der Waals surface area contributed by atoms with Crippen LogP contribution >= 0.6 is 0 Å². The molecule has 16 heavy (non-hydrogen) atoms. The van der Waals surface area contributed by atoms with Crippen LogP contribution in [0.1, 0.15) is 0 Å². The van der Waals surface area contributed by atoms with E-state index in [2.05, 4.69) is 0 Å². The molecule has 5 heteroatoms. The van der Waals surface area contributed by atoms with Crippen molar-refractivity contribution in [3.63, 3.8) is 0 Å². The van der Waals surface area contributed by atoms with Crippen molar-refractivity contribution in [1.29, 1.82) is 0 Å². The van der Waals surface area contributed by atoms with Gasteiger partial charge in [0.25, 0.3) is 0 Å². The lowest BCUT2D eigenvalue weighted by atomic mass is 10.2. The van der Waals surface area contributed by atoms with Gasteiger partial charge < -0.3 is 20.0 Å². The monoisotopic (exact) mass is 222 g/mol. The number of amides is 1. The zero-order valence-electron chi connectivity index (χ0n) is 8.83. The van der Waals surface area contributed by atoms with Crippen LogP contribution in [0, 0.1) is 0 Å². The number of carbonyl (C=O) groups is 1. The van der Waals surface area contributed by atoms with Crippen molar-refractivity contribution < 1.29 is 15.0 Å². The predicted molar refractivity (Wildman–Crippen MR) is 59.9 cm³/mol. The minimum Gasteiger partial charge on any atom is -0.506 e. The van der Waals surface area contributed by atoms with Gasteiger partial charge in [0.05, 0.1) is 5.69 Å². The molecule has 1 aromatic rings. The van der Waals surface area contributed by atoms with Crippen LogP contribution in [0.4, 0.5) is 10.5 Å². The lowest BCUT2D eigenvalue weighted by Crippen LogP contribution is -2.48. The van der Waals surface area contributed by atoms with E-state index >= 15 is 0 Å². The second-order valence-corrected chi connectivity index (χ2v) is 3.75. The van der Waals surface area contributed by atoms with E-state index in [1.54, 1.807) is 12.1 Å². The molecular formula is C11H14N2O3. The van der Waals surface area contributed by atoms with Crippen molar-refractivity contribution in [2.45, 2.75) is 0 Å². The van der Waals surface area contributed by atoms with Gasteiger partial charge in [0.15, 0.2) is 0 Å². The first kappa shape index (κ1) is 10.6. The Labute approximate surface area is 93.5 Å². The number of para-hydroxylation sites is 2. The van der Waals surface area contributed by atoms with E-state index in [0.717, 1.165) is 5.69 Å². The molecule has 1 aliphatic heterocycles. The van der Waals surface area contributed by atoms with Gasteiger partial charge in [0.2, 0.25) is 0 Å². The molecule has 1 heterocycles. The molecule has 0 saturated carbocycles. The fraction of sp³-hybridized carbons (Fsp3) is 0.364. The molecular weight excluding hydrogens is 208 g/mol. The maximum Gasteiger partial charge on any atom is 0.407 e. The first-order valence-corrected chi connectivity index (χ1v) is 5.19. The third-order valence-electron chi connectivity index (χ3n) is 2.77. The first-order chi connectivity index (χ1) is 7.68. The van der Waals surface area contributed by atoms with Gasteiger partial charge in [0, 0.05) is 26.2 Å². The second kappa shape index (κ2) is 4.30. The van der Waals surface area contributed by atoms with Crippen molar-refractivity contribution in [2.24, 2.45) is 0 Å². The molecule has 1 aromatic carbocycles. The van der Waals surface area contributed by atoms with E-state index in [1.165, 1.54) is 4.90 Å². The van der Waals surface area contributed by atoms with Crippen LogP contribution in [0.15, 0.2) is 24.3 Å². The summed E-state index contributed by atoms with van der Waals surface area (Å²) in [6.45, 7) is 2.18. The van der Waals surface area contributed by atoms with Crippen LogP contribution in [0.25, 0.3) is 0 Å². The number of benzene rings is 1. The Morgan fingerprint density at radius 2 is 1.75 bits per heavy atom. The van der Waals surface area contributed by atoms with Gasteiger partial charge in [0.1, 0.15) is 5.75 Å². The highest BCUT2D eigenvalue weighted by atomic mass is 16.4. The van der Waals surface area contributed by atoms with Crippen LogP contribution in [-0.4, -0.2) is 47.4 Å². The zero-order valence-corrected chi connectivity index (χ0v) is 8.83. The van der Waals surface area contributed by atoms with Gasteiger partial charge in [-0.3, -0.25) is 0 Å². The number of phenolic OH excluding ortho intramolecular Hbond substituents is 1. The molecule has 0 radical (unpaired) electrons. The average Bonchev–Trinajstić information content (AvgIpc) is 2.30. The Morgan fingerprint density at radius 3 is 2.31 bits per heavy atom. The number of piperazine rings is 1. The van der Waals surface area contributed by atoms with E-state index in [0.29, 0.717) is 26.2 Å². The minimum atomic E-state index is -0.878. The quantitative estimate of drug-likeness (QED) is 0.749. The summed E-state index contributed by atoms with van der Waals surface area (Å²) in [5.74, 6) is 0.242. The summed E-state index contributed by atoms with van der Waals surface area (Å²) in [7, 11) is 0. The molecule has 5 nitrogen and oxygen atoms in total. The number of phenols is 1. The molecule has 1 aliphatic rings. The smallest absolute Gasteiger partial charge is 0.407 e. The molecule has 0 aromatic heterocycles. The van der Waals surface area contributed by atoms with E-state index in [-0.39, 0.29) is 5.75 Å². The van der Waals surface area contributed by atoms with Gasteiger partial charge in [-0.2, -0.15) is 0 Å². The Bertz CT molecular complexity index is 387. The highest BCUT2D eigenvalue weighted by Gasteiger charge is 2.21. The fourth-order valence-corrected chi connectivity index (χ4v) is 1.87. The Hall–Kier alpha value is -1.91. The highest BCUT2D eigenvalue weighted by molar-refractivity contribution is 5.66. The van der Waals surface area contributed by atoms with Gasteiger partial charge >= 0.3 is 6.09 Å². The Morgan fingerprint density at radius 1 is 1.12 bits per heavy atom. The molecule has 0 bridgehead atoms. The van der Waals surface area contributed by atoms with Crippen molar-refractivity contribution in [1.82, 2.24) is 4.90 Å². The second-order valence-electron chi connectivity index (χ2n) is 3.75. The fourth-order valence-electron chi connectivity index (χ4n) is 1.87. The SMILES string of the molecule is O=C(O)N1CCN(c2ccccc2O)CC1.